The number of ether oxygens (including phenoxy) is 2. The summed E-state index contributed by atoms with van der Waals surface area (Å²) >= 11 is 0. The SMILES string of the molecule is CC.CC12CN(CC3COC3)CCC1(c1ccc3ncc(C4CCC(=O)NC4=O)cc3c1F)O2. The van der Waals surface area contributed by atoms with E-state index in [9.17, 15) is 9.59 Å². The number of pyridine rings is 1. The van der Waals surface area contributed by atoms with Gasteiger partial charge < -0.3 is 9.47 Å². The molecule has 8 heteroatoms. The Balaban J connectivity index is 0.00000117. The van der Waals surface area contributed by atoms with Crippen LogP contribution < -0.4 is 5.32 Å². The number of amides is 2. The van der Waals surface area contributed by atoms with Crippen molar-refractivity contribution in [1.29, 1.82) is 0 Å². The molecule has 0 spiro atoms. The molecule has 1 N–H and O–H groups in total. The van der Waals surface area contributed by atoms with Crippen molar-refractivity contribution in [2.75, 3.05) is 32.8 Å². The molecule has 1 aromatic heterocycles. The number of aromatic nitrogens is 1. The van der Waals surface area contributed by atoms with E-state index in [0.717, 1.165) is 39.3 Å². The van der Waals surface area contributed by atoms with Gasteiger partial charge in [0.15, 0.2) is 0 Å². The van der Waals surface area contributed by atoms with Crippen LogP contribution >= 0.6 is 0 Å². The highest BCUT2D eigenvalue weighted by atomic mass is 19.1. The number of benzene rings is 1. The zero-order valence-electron chi connectivity index (χ0n) is 20.0. The molecule has 3 atom stereocenters. The van der Waals surface area contributed by atoms with E-state index in [-0.39, 0.29) is 24.1 Å². The number of fused-ring (bicyclic) bond motifs is 2. The first-order valence-electron chi connectivity index (χ1n) is 12.3. The number of piperidine rings is 2. The van der Waals surface area contributed by atoms with Crippen LogP contribution in [0.15, 0.2) is 24.4 Å². The molecular formula is C26H32FN3O4. The van der Waals surface area contributed by atoms with E-state index >= 15 is 4.39 Å². The molecule has 4 fully saturated rings. The number of nitrogens with one attached hydrogen (secondary N) is 1. The molecule has 7 nitrogen and oxygen atoms in total. The van der Waals surface area contributed by atoms with Crippen LogP contribution in [-0.4, -0.2) is 60.1 Å². The van der Waals surface area contributed by atoms with Crippen LogP contribution in [0.5, 0.6) is 0 Å². The Morgan fingerprint density at radius 1 is 1.26 bits per heavy atom. The maximum absolute atomic E-state index is 15.9. The Bertz CT molecular complexity index is 1140. The average Bonchev–Trinajstić information content (AvgIpc) is 3.43. The fraction of sp³-hybridized carbons (Fsp3) is 0.577. The van der Waals surface area contributed by atoms with Gasteiger partial charge >= 0.3 is 0 Å². The molecule has 5 heterocycles. The molecule has 182 valence electrons. The maximum Gasteiger partial charge on any atom is 0.234 e. The summed E-state index contributed by atoms with van der Waals surface area (Å²) in [5, 5.41) is 2.76. The minimum atomic E-state index is -0.622. The number of halogens is 1. The monoisotopic (exact) mass is 469 g/mol. The number of epoxide rings is 1. The van der Waals surface area contributed by atoms with Gasteiger partial charge in [0.2, 0.25) is 11.8 Å². The summed E-state index contributed by atoms with van der Waals surface area (Å²) in [5.41, 5.74) is 0.708. The zero-order valence-corrected chi connectivity index (χ0v) is 20.0. The van der Waals surface area contributed by atoms with E-state index in [4.69, 9.17) is 9.47 Å². The highest BCUT2D eigenvalue weighted by molar-refractivity contribution is 6.01. The topological polar surface area (TPSA) is 84.1 Å². The quantitative estimate of drug-likeness (QED) is 0.547. The van der Waals surface area contributed by atoms with E-state index < -0.39 is 17.1 Å². The van der Waals surface area contributed by atoms with Crippen LogP contribution in [0.3, 0.4) is 0 Å². The normalized spacial score (nSPS) is 31.2. The van der Waals surface area contributed by atoms with Crippen molar-refractivity contribution in [2.24, 2.45) is 5.92 Å². The number of carbonyl (C=O) groups excluding carboxylic acids is 2. The summed E-state index contributed by atoms with van der Waals surface area (Å²) in [7, 11) is 0. The van der Waals surface area contributed by atoms with Crippen LogP contribution in [0, 0.1) is 11.7 Å². The van der Waals surface area contributed by atoms with Crippen LogP contribution in [0.2, 0.25) is 0 Å². The summed E-state index contributed by atoms with van der Waals surface area (Å²) in [6.45, 7) is 10.3. The molecule has 3 unspecified atom stereocenters. The van der Waals surface area contributed by atoms with Crippen molar-refractivity contribution in [3.05, 3.63) is 41.3 Å². The molecular weight excluding hydrogens is 437 g/mol. The number of imide groups is 1. The molecule has 4 aliphatic rings. The van der Waals surface area contributed by atoms with Gasteiger partial charge in [0.05, 0.1) is 24.6 Å². The minimum absolute atomic E-state index is 0.270. The maximum atomic E-state index is 15.9. The summed E-state index contributed by atoms with van der Waals surface area (Å²) in [4.78, 5) is 30.6. The summed E-state index contributed by atoms with van der Waals surface area (Å²) in [6, 6.07) is 5.34. The summed E-state index contributed by atoms with van der Waals surface area (Å²) < 4.78 is 27.4. The fourth-order valence-corrected chi connectivity index (χ4v) is 5.74. The number of rotatable bonds is 4. The smallest absolute Gasteiger partial charge is 0.234 e. The van der Waals surface area contributed by atoms with Gasteiger partial charge in [-0.25, -0.2) is 4.39 Å². The van der Waals surface area contributed by atoms with E-state index in [0.29, 0.717) is 34.4 Å². The molecule has 4 saturated heterocycles. The van der Waals surface area contributed by atoms with Gasteiger partial charge in [0.25, 0.3) is 0 Å². The molecule has 2 aromatic rings. The van der Waals surface area contributed by atoms with Gasteiger partial charge in [-0.3, -0.25) is 24.8 Å². The van der Waals surface area contributed by atoms with Gasteiger partial charge in [-0.2, -0.15) is 0 Å². The van der Waals surface area contributed by atoms with Gasteiger partial charge in [0, 0.05) is 49.1 Å². The molecule has 0 saturated carbocycles. The fourth-order valence-electron chi connectivity index (χ4n) is 5.74. The largest absolute Gasteiger partial charge is 0.381 e. The van der Waals surface area contributed by atoms with Crippen molar-refractivity contribution in [3.63, 3.8) is 0 Å². The van der Waals surface area contributed by atoms with E-state index in [1.54, 1.807) is 18.3 Å². The first-order chi connectivity index (χ1) is 16.4. The average molecular weight is 470 g/mol. The Kier molecular flexibility index (Phi) is 5.94. The molecule has 1 aromatic carbocycles. The third-order valence-electron chi connectivity index (χ3n) is 7.64. The Morgan fingerprint density at radius 3 is 2.74 bits per heavy atom. The summed E-state index contributed by atoms with van der Waals surface area (Å²) in [5.74, 6) is -0.853. The molecule has 0 aliphatic carbocycles. The second-order valence-corrected chi connectivity index (χ2v) is 9.81. The number of likely N-dealkylation sites (tertiary alicyclic amines) is 1. The van der Waals surface area contributed by atoms with Crippen molar-refractivity contribution in [3.8, 4) is 0 Å². The lowest BCUT2D eigenvalue weighted by Gasteiger charge is -2.37. The number of nitrogens with zero attached hydrogens (tertiary/aromatic N) is 2. The van der Waals surface area contributed by atoms with E-state index in [1.165, 1.54) is 0 Å². The molecule has 0 bridgehead atoms. The Morgan fingerprint density at radius 2 is 2.06 bits per heavy atom. The minimum Gasteiger partial charge on any atom is -0.381 e. The second-order valence-electron chi connectivity index (χ2n) is 9.81. The van der Waals surface area contributed by atoms with Crippen molar-refractivity contribution in [2.45, 2.75) is 57.2 Å². The van der Waals surface area contributed by atoms with Crippen LogP contribution in [-0.2, 0) is 24.7 Å². The lowest BCUT2D eigenvalue weighted by atomic mass is 9.80. The van der Waals surface area contributed by atoms with Crippen LogP contribution in [0.25, 0.3) is 10.9 Å². The number of hydrogen-bond donors (Lipinski definition) is 1. The van der Waals surface area contributed by atoms with Gasteiger partial charge in [-0.1, -0.05) is 19.9 Å². The third-order valence-corrected chi connectivity index (χ3v) is 7.64. The predicted octanol–water partition coefficient (Wildman–Crippen LogP) is 3.26. The zero-order chi connectivity index (χ0) is 24.1. The molecule has 6 rings (SSSR count). The highest BCUT2D eigenvalue weighted by Crippen LogP contribution is 2.61. The molecule has 4 aliphatic heterocycles. The summed E-state index contributed by atoms with van der Waals surface area (Å²) in [6.07, 6.45) is 3.03. The predicted molar refractivity (Wildman–Crippen MR) is 125 cm³/mol. The molecule has 0 radical (unpaired) electrons. The van der Waals surface area contributed by atoms with Gasteiger partial charge in [0.1, 0.15) is 17.0 Å². The van der Waals surface area contributed by atoms with Crippen LogP contribution in [0.1, 0.15) is 57.1 Å². The molecule has 34 heavy (non-hydrogen) atoms. The van der Waals surface area contributed by atoms with Gasteiger partial charge in [-0.05, 0) is 37.5 Å². The number of carbonyl (C=O) groups is 2. The first kappa shape index (κ1) is 23.3. The first-order valence-corrected chi connectivity index (χ1v) is 12.3. The lowest BCUT2D eigenvalue weighted by molar-refractivity contribution is -0.134. The highest BCUT2D eigenvalue weighted by Gasteiger charge is 2.70. The van der Waals surface area contributed by atoms with E-state index in [1.807, 2.05) is 19.9 Å². The molecule has 2 amide bonds. The van der Waals surface area contributed by atoms with Crippen LogP contribution in [0.4, 0.5) is 4.39 Å². The Labute approximate surface area is 199 Å². The van der Waals surface area contributed by atoms with E-state index in [2.05, 4.69) is 22.1 Å². The van der Waals surface area contributed by atoms with Crippen molar-refractivity contribution >= 4 is 22.7 Å². The lowest BCUT2D eigenvalue weighted by Crippen LogP contribution is -2.48. The van der Waals surface area contributed by atoms with Gasteiger partial charge in [-0.15, -0.1) is 0 Å². The Hall–Kier alpha value is -2.42. The number of hydrogen-bond acceptors (Lipinski definition) is 6. The van der Waals surface area contributed by atoms with Crippen molar-refractivity contribution in [1.82, 2.24) is 15.2 Å². The second kappa shape index (κ2) is 8.66. The van der Waals surface area contributed by atoms with Crippen molar-refractivity contribution < 1.29 is 23.5 Å². The third kappa shape index (κ3) is 3.72. The standard InChI is InChI=1S/C24H26FN3O4.C2H6/c1-23-13-28(10-14-11-31-12-14)7-6-24(23,32-23)18-3-4-19-17(21(18)25)8-15(9-26-19)16-2-5-20(29)27-22(16)30;1-2/h3-4,8-9,14,16H,2,5-7,10-13H2,1H3,(H,27,29,30);1-2H3.